The van der Waals surface area contributed by atoms with E-state index in [1.165, 1.54) is 12.1 Å². The normalized spacial score (nSPS) is 13.2. The average molecular weight is 294 g/mol. The van der Waals surface area contributed by atoms with Crippen molar-refractivity contribution < 1.29 is 13.2 Å². The fraction of sp³-hybridized carbons (Fsp3) is 0.250. The number of benzene rings is 2. The van der Waals surface area contributed by atoms with Gasteiger partial charge in [0.15, 0.2) is 0 Å². The van der Waals surface area contributed by atoms with Gasteiger partial charge in [0.05, 0.1) is 11.6 Å². The molecule has 0 radical (unpaired) electrons. The van der Waals surface area contributed by atoms with Crippen LogP contribution in [-0.4, -0.2) is 0 Å². The zero-order valence-corrected chi connectivity index (χ0v) is 11.6. The highest BCUT2D eigenvalue weighted by Gasteiger charge is 2.30. The lowest BCUT2D eigenvalue weighted by atomic mass is 9.96. The maximum Gasteiger partial charge on any atom is 0.416 e. The Morgan fingerprint density at radius 3 is 2.24 bits per heavy atom. The summed E-state index contributed by atoms with van der Waals surface area (Å²) in [6.45, 7) is 2.04. The molecular formula is C16H17F3N2. The Kier molecular flexibility index (Phi) is 4.65. The molecule has 0 bridgehead atoms. The first-order valence-corrected chi connectivity index (χ1v) is 6.68. The Morgan fingerprint density at radius 2 is 1.71 bits per heavy atom. The second kappa shape index (κ2) is 6.28. The monoisotopic (exact) mass is 294 g/mol. The number of hydrogen-bond acceptors (Lipinski definition) is 2. The number of hydrogen-bond donors (Lipinski definition) is 2. The first-order valence-electron chi connectivity index (χ1n) is 6.68. The van der Waals surface area contributed by atoms with E-state index in [9.17, 15) is 13.2 Å². The first-order chi connectivity index (χ1) is 9.95. The molecule has 2 aromatic carbocycles. The summed E-state index contributed by atoms with van der Waals surface area (Å²) in [5.74, 6) is 5.58. The quantitative estimate of drug-likeness (QED) is 0.664. The van der Waals surface area contributed by atoms with Gasteiger partial charge in [-0.25, -0.2) is 5.43 Å². The second-order valence-corrected chi connectivity index (χ2v) is 4.82. The molecule has 0 spiro atoms. The maximum absolute atomic E-state index is 12.6. The molecule has 0 aliphatic rings. The topological polar surface area (TPSA) is 38.0 Å². The fourth-order valence-corrected chi connectivity index (χ4v) is 2.24. The van der Waals surface area contributed by atoms with Gasteiger partial charge in [-0.3, -0.25) is 5.84 Å². The number of rotatable bonds is 4. The molecular weight excluding hydrogens is 277 g/mol. The van der Waals surface area contributed by atoms with Crippen molar-refractivity contribution in [1.29, 1.82) is 0 Å². The van der Waals surface area contributed by atoms with Crippen LogP contribution >= 0.6 is 0 Å². The van der Waals surface area contributed by atoms with E-state index in [2.05, 4.69) is 5.43 Å². The third-order valence-electron chi connectivity index (χ3n) is 3.43. The van der Waals surface area contributed by atoms with E-state index in [-0.39, 0.29) is 6.04 Å². The predicted octanol–water partition coefficient (Wildman–Crippen LogP) is 3.82. The maximum atomic E-state index is 12.6. The molecule has 3 N–H and O–H groups in total. The van der Waals surface area contributed by atoms with E-state index in [1.54, 1.807) is 0 Å². The highest BCUT2D eigenvalue weighted by molar-refractivity contribution is 5.36. The standard InChI is InChI=1S/C16H17F3N2/c1-2-11-4-3-5-13(10-11)15(21-20)12-6-8-14(9-7-12)16(17,18)19/h3-10,15,21H,2,20H2,1H3. The Balaban J connectivity index is 2.32. The smallest absolute Gasteiger partial charge is 0.271 e. The van der Waals surface area contributed by atoms with Crippen LogP contribution in [0, 0.1) is 0 Å². The van der Waals surface area contributed by atoms with Crippen molar-refractivity contribution in [1.82, 2.24) is 5.43 Å². The van der Waals surface area contributed by atoms with Crippen molar-refractivity contribution in [3.8, 4) is 0 Å². The van der Waals surface area contributed by atoms with E-state index in [4.69, 9.17) is 5.84 Å². The van der Waals surface area contributed by atoms with Gasteiger partial charge in [0.25, 0.3) is 0 Å². The van der Waals surface area contributed by atoms with Gasteiger partial charge in [0.1, 0.15) is 0 Å². The van der Waals surface area contributed by atoms with Crippen LogP contribution in [0.15, 0.2) is 48.5 Å². The van der Waals surface area contributed by atoms with Gasteiger partial charge in [0, 0.05) is 0 Å². The van der Waals surface area contributed by atoms with E-state index >= 15 is 0 Å². The van der Waals surface area contributed by atoms with Crippen molar-refractivity contribution in [2.75, 3.05) is 0 Å². The summed E-state index contributed by atoms with van der Waals surface area (Å²) in [4.78, 5) is 0. The molecule has 2 aromatic rings. The summed E-state index contributed by atoms with van der Waals surface area (Å²) in [5, 5.41) is 0. The number of alkyl halides is 3. The average Bonchev–Trinajstić information content (AvgIpc) is 2.48. The third-order valence-corrected chi connectivity index (χ3v) is 3.43. The number of nitrogens with one attached hydrogen (secondary N) is 1. The van der Waals surface area contributed by atoms with Gasteiger partial charge in [-0.2, -0.15) is 13.2 Å². The van der Waals surface area contributed by atoms with Gasteiger partial charge in [-0.15, -0.1) is 0 Å². The van der Waals surface area contributed by atoms with Gasteiger partial charge < -0.3 is 0 Å². The molecule has 0 saturated heterocycles. The molecule has 5 heteroatoms. The number of halogens is 3. The molecule has 0 saturated carbocycles. The summed E-state index contributed by atoms with van der Waals surface area (Å²) in [6, 6.07) is 12.5. The molecule has 1 atom stereocenters. The molecule has 0 heterocycles. The van der Waals surface area contributed by atoms with Gasteiger partial charge >= 0.3 is 6.18 Å². The van der Waals surface area contributed by atoms with Crippen molar-refractivity contribution in [3.05, 3.63) is 70.8 Å². The van der Waals surface area contributed by atoms with E-state index in [0.29, 0.717) is 5.56 Å². The van der Waals surface area contributed by atoms with E-state index in [1.807, 2.05) is 31.2 Å². The van der Waals surface area contributed by atoms with Crippen LogP contribution in [0.2, 0.25) is 0 Å². The highest BCUT2D eigenvalue weighted by atomic mass is 19.4. The molecule has 2 nitrogen and oxygen atoms in total. The molecule has 0 aliphatic carbocycles. The second-order valence-electron chi connectivity index (χ2n) is 4.82. The number of hydrazine groups is 1. The van der Waals surface area contributed by atoms with Crippen LogP contribution in [0.1, 0.15) is 35.2 Å². The van der Waals surface area contributed by atoms with Crippen LogP contribution in [0.25, 0.3) is 0 Å². The number of aryl methyl sites for hydroxylation is 1. The molecule has 1 unspecified atom stereocenters. The summed E-state index contributed by atoms with van der Waals surface area (Å²) in [5.41, 5.74) is 4.77. The van der Waals surface area contributed by atoms with Gasteiger partial charge in [-0.1, -0.05) is 43.3 Å². The van der Waals surface area contributed by atoms with Gasteiger partial charge in [0.2, 0.25) is 0 Å². The van der Waals surface area contributed by atoms with Crippen LogP contribution < -0.4 is 11.3 Å². The fourth-order valence-electron chi connectivity index (χ4n) is 2.24. The molecule has 0 aromatic heterocycles. The Bertz CT molecular complexity index is 591. The summed E-state index contributed by atoms with van der Waals surface area (Å²) < 4.78 is 37.8. The largest absolute Gasteiger partial charge is 0.416 e. The minimum absolute atomic E-state index is 0.334. The Morgan fingerprint density at radius 1 is 1.05 bits per heavy atom. The molecule has 112 valence electrons. The zero-order chi connectivity index (χ0) is 15.5. The highest BCUT2D eigenvalue weighted by Crippen LogP contribution is 2.31. The summed E-state index contributed by atoms with van der Waals surface area (Å²) >= 11 is 0. The molecule has 0 fully saturated rings. The molecule has 2 rings (SSSR count). The van der Waals surface area contributed by atoms with Crippen LogP contribution in [-0.2, 0) is 12.6 Å². The van der Waals surface area contributed by atoms with E-state index in [0.717, 1.165) is 29.7 Å². The van der Waals surface area contributed by atoms with Crippen molar-refractivity contribution >= 4 is 0 Å². The number of nitrogens with two attached hydrogens (primary N) is 1. The lowest BCUT2D eigenvalue weighted by Crippen LogP contribution is -2.29. The van der Waals surface area contributed by atoms with Crippen molar-refractivity contribution in [3.63, 3.8) is 0 Å². The van der Waals surface area contributed by atoms with Crippen LogP contribution in [0.4, 0.5) is 13.2 Å². The first kappa shape index (κ1) is 15.5. The SMILES string of the molecule is CCc1cccc(C(NN)c2ccc(C(F)(F)F)cc2)c1. The van der Waals surface area contributed by atoms with Crippen LogP contribution in [0.5, 0.6) is 0 Å². The molecule has 21 heavy (non-hydrogen) atoms. The van der Waals surface area contributed by atoms with E-state index < -0.39 is 11.7 Å². The van der Waals surface area contributed by atoms with Crippen molar-refractivity contribution in [2.24, 2.45) is 5.84 Å². The minimum Gasteiger partial charge on any atom is -0.271 e. The van der Waals surface area contributed by atoms with Gasteiger partial charge in [-0.05, 0) is 35.2 Å². The zero-order valence-electron chi connectivity index (χ0n) is 11.6. The lowest BCUT2D eigenvalue weighted by Gasteiger charge is -2.18. The lowest BCUT2D eigenvalue weighted by molar-refractivity contribution is -0.137. The summed E-state index contributed by atoms with van der Waals surface area (Å²) in [7, 11) is 0. The van der Waals surface area contributed by atoms with Crippen LogP contribution in [0.3, 0.4) is 0 Å². The van der Waals surface area contributed by atoms with Crippen molar-refractivity contribution in [2.45, 2.75) is 25.6 Å². The minimum atomic E-state index is -4.33. The Labute approximate surface area is 121 Å². The molecule has 0 aliphatic heterocycles. The predicted molar refractivity (Wildman–Crippen MR) is 76.4 cm³/mol. The third kappa shape index (κ3) is 3.62. The summed E-state index contributed by atoms with van der Waals surface area (Å²) in [6.07, 6.45) is -3.44. The Hall–Kier alpha value is -1.85. The molecule has 0 amide bonds.